The molecule has 0 aliphatic carbocycles. The highest BCUT2D eigenvalue weighted by Gasteiger charge is 2.31. The number of unbranched alkanes of at least 4 members (excludes halogenated alkanes) is 1. The van der Waals surface area contributed by atoms with Gasteiger partial charge in [0.25, 0.3) is 0 Å². The highest BCUT2D eigenvalue weighted by atomic mass is 32.2. The molecule has 5 heteroatoms. The summed E-state index contributed by atoms with van der Waals surface area (Å²) in [5.41, 5.74) is 3.53. The van der Waals surface area contributed by atoms with Gasteiger partial charge in [0.2, 0.25) is 5.91 Å². The average molecular weight is 401 g/mol. The Bertz CT molecular complexity index is 780. The van der Waals surface area contributed by atoms with Gasteiger partial charge in [-0.25, -0.2) is 4.39 Å². The smallest absolute Gasteiger partial charge is 0.237 e. The van der Waals surface area contributed by atoms with Crippen LogP contribution in [0.25, 0.3) is 0 Å². The van der Waals surface area contributed by atoms with Gasteiger partial charge in [0, 0.05) is 18.8 Å². The third kappa shape index (κ3) is 5.36. The van der Waals surface area contributed by atoms with E-state index in [0.29, 0.717) is 6.54 Å². The predicted octanol–water partition coefficient (Wildman–Crippen LogP) is 5.01. The molecule has 1 amide bonds. The molecule has 1 fully saturated rings. The summed E-state index contributed by atoms with van der Waals surface area (Å²) in [4.78, 5) is 17.4. The third-order valence-electron chi connectivity index (χ3n) is 5.21. The maximum absolute atomic E-state index is 13.3. The van der Waals surface area contributed by atoms with E-state index in [1.54, 1.807) is 23.9 Å². The van der Waals surface area contributed by atoms with Crippen LogP contribution in [0, 0.1) is 12.7 Å². The highest BCUT2D eigenvalue weighted by Crippen LogP contribution is 2.38. The largest absolute Gasteiger partial charge is 0.325 e. The van der Waals surface area contributed by atoms with Gasteiger partial charge < -0.3 is 4.90 Å². The molecule has 0 N–H and O–H groups in total. The number of hydrogen-bond donors (Lipinski definition) is 0. The first kappa shape index (κ1) is 20.9. The zero-order valence-corrected chi connectivity index (χ0v) is 17.6. The number of carbonyl (C=O) groups excluding carboxylic acids is 1. The van der Waals surface area contributed by atoms with Gasteiger partial charge in [0.1, 0.15) is 11.2 Å². The summed E-state index contributed by atoms with van der Waals surface area (Å²) in [5.74, 6) is 0.832. The lowest BCUT2D eigenvalue weighted by atomic mass is 10.1. The van der Waals surface area contributed by atoms with Gasteiger partial charge in [-0.1, -0.05) is 49.7 Å². The second kappa shape index (κ2) is 10.1. The lowest BCUT2D eigenvalue weighted by molar-refractivity contribution is -0.132. The van der Waals surface area contributed by atoms with Gasteiger partial charge >= 0.3 is 0 Å². The highest BCUT2D eigenvalue weighted by molar-refractivity contribution is 7.99. The van der Waals surface area contributed by atoms with E-state index in [1.165, 1.54) is 23.3 Å². The van der Waals surface area contributed by atoms with E-state index in [4.69, 9.17) is 0 Å². The second-order valence-corrected chi connectivity index (χ2v) is 8.54. The Balaban J connectivity index is 1.69. The number of halogens is 1. The Morgan fingerprint density at radius 3 is 2.68 bits per heavy atom. The Hall–Kier alpha value is -1.85. The quantitative estimate of drug-likeness (QED) is 0.622. The lowest BCUT2D eigenvalue weighted by Crippen LogP contribution is -2.40. The number of benzene rings is 2. The normalized spacial score (nSPS) is 16.7. The van der Waals surface area contributed by atoms with E-state index in [2.05, 4.69) is 43.0 Å². The fourth-order valence-corrected chi connectivity index (χ4v) is 4.81. The monoisotopic (exact) mass is 400 g/mol. The number of carbonyl (C=O) groups is 1. The molecule has 1 unspecified atom stereocenters. The Kier molecular flexibility index (Phi) is 7.51. The van der Waals surface area contributed by atoms with E-state index >= 15 is 0 Å². The molecule has 3 nitrogen and oxygen atoms in total. The minimum absolute atomic E-state index is 0.0143. The molecule has 2 aromatic rings. The molecule has 0 radical (unpaired) electrons. The summed E-state index contributed by atoms with van der Waals surface area (Å²) in [6, 6.07) is 14.9. The zero-order chi connectivity index (χ0) is 19.9. The number of rotatable bonds is 8. The van der Waals surface area contributed by atoms with Crippen molar-refractivity contribution in [3.8, 4) is 0 Å². The van der Waals surface area contributed by atoms with Gasteiger partial charge in [-0.15, -0.1) is 11.8 Å². The molecular weight excluding hydrogens is 371 g/mol. The molecule has 1 heterocycles. The number of aryl methyl sites for hydroxylation is 1. The molecule has 0 bridgehead atoms. The summed E-state index contributed by atoms with van der Waals surface area (Å²) in [7, 11) is 0. The van der Waals surface area contributed by atoms with Crippen molar-refractivity contribution >= 4 is 17.7 Å². The van der Waals surface area contributed by atoms with Crippen LogP contribution < -0.4 is 0 Å². The summed E-state index contributed by atoms with van der Waals surface area (Å²) < 4.78 is 13.3. The van der Waals surface area contributed by atoms with Crippen LogP contribution in [0.15, 0.2) is 48.5 Å². The minimum Gasteiger partial charge on any atom is -0.325 e. The summed E-state index contributed by atoms with van der Waals surface area (Å²) in [6.07, 6.45) is 2.19. The third-order valence-corrected chi connectivity index (χ3v) is 6.47. The molecule has 28 heavy (non-hydrogen) atoms. The first-order valence-electron chi connectivity index (χ1n) is 10.0. The number of amides is 1. The Labute approximate surface area is 171 Å². The maximum Gasteiger partial charge on any atom is 0.237 e. The topological polar surface area (TPSA) is 23.6 Å². The number of hydrogen-bond acceptors (Lipinski definition) is 3. The van der Waals surface area contributed by atoms with E-state index in [1.807, 2.05) is 4.90 Å². The van der Waals surface area contributed by atoms with Crippen molar-refractivity contribution < 1.29 is 9.18 Å². The SMILES string of the molecule is CCCCN(CC(=O)N1CCSC1c1ccc(F)cc1)Cc1ccccc1C. The first-order valence-corrected chi connectivity index (χ1v) is 11.1. The van der Waals surface area contributed by atoms with Crippen LogP contribution >= 0.6 is 11.8 Å². The van der Waals surface area contributed by atoms with E-state index < -0.39 is 0 Å². The summed E-state index contributed by atoms with van der Waals surface area (Å²) in [6.45, 7) is 7.18. The number of nitrogens with zero attached hydrogens (tertiary/aromatic N) is 2. The molecule has 150 valence electrons. The molecule has 1 atom stereocenters. The van der Waals surface area contributed by atoms with Crippen LogP contribution in [-0.2, 0) is 11.3 Å². The van der Waals surface area contributed by atoms with Gasteiger partial charge in [0.15, 0.2) is 0 Å². The zero-order valence-electron chi connectivity index (χ0n) is 16.7. The van der Waals surface area contributed by atoms with Crippen LogP contribution in [0.5, 0.6) is 0 Å². The predicted molar refractivity (Wildman–Crippen MR) is 115 cm³/mol. The van der Waals surface area contributed by atoms with Gasteiger partial charge in [-0.2, -0.15) is 0 Å². The molecule has 1 saturated heterocycles. The van der Waals surface area contributed by atoms with Gasteiger partial charge in [-0.3, -0.25) is 9.69 Å². The molecular formula is C23H29FN2OS. The van der Waals surface area contributed by atoms with Crippen molar-refractivity contribution in [2.45, 2.75) is 38.6 Å². The van der Waals surface area contributed by atoms with Crippen molar-refractivity contribution in [1.29, 1.82) is 0 Å². The van der Waals surface area contributed by atoms with Crippen molar-refractivity contribution in [3.63, 3.8) is 0 Å². The molecule has 1 aliphatic rings. The van der Waals surface area contributed by atoms with E-state index in [9.17, 15) is 9.18 Å². The summed E-state index contributed by atoms with van der Waals surface area (Å²) >= 11 is 1.75. The molecule has 3 rings (SSSR count). The van der Waals surface area contributed by atoms with Crippen molar-refractivity contribution in [3.05, 3.63) is 71.0 Å². The van der Waals surface area contributed by atoms with Crippen molar-refractivity contribution in [2.24, 2.45) is 0 Å². The van der Waals surface area contributed by atoms with E-state index in [0.717, 1.165) is 43.8 Å². The minimum atomic E-state index is -0.242. The van der Waals surface area contributed by atoms with Crippen LogP contribution in [0.1, 0.15) is 41.8 Å². The van der Waals surface area contributed by atoms with Crippen LogP contribution in [0.3, 0.4) is 0 Å². The second-order valence-electron chi connectivity index (χ2n) is 7.35. The lowest BCUT2D eigenvalue weighted by Gasteiger charge is -2.28. The fourth-order valence-electron chi connectivity index (χ4n) is 3.54. The molecule has 1 aliphatic heterocycles. The van der Waals surface area contributed by atoms with Crippen LogP contribution in [0.2, 0.25) is 0 Å². The van der Waals surface area contributed by atoms with Crippen LogP contribution in [-0.4, -0.2) is 41.1 Å². The van der Waals surface area contributed by atoms with Gasteiger partial charge in [0.05, 0.1) is 6.54 Å². The molecule has 2 aromatic carbocycles. The summed E-state index contributed by atoms with van der Waals surface area (Å²) in [5, 5.41) is -0.0143. The Morgan fingerprint density at radius 2 is 1.96 bits per heavy atom. The fraction of sp³-hybridized carbons (Fsp3) is 0.435. The average Bonchev–Trinajstić information content (AvgIpc) is 3.18. The molecule has 0 aromatic heterocycles. The first-order chi connectivity index (χ1) is 13.6. The molecule has 0 saturated carbocycles. The maximum atomic E-state index is 13.3. The van der Waals surface area contributed by atoms with E-state index in [-0.39, 0.29) is 17.1 Å². The van der Waals surface area contributed by atoms with Gasteiger partial charge in [-0.05, 0) is 48.7 Å². The Morgan fingerprint density at radius 1 is 1.21 bits per heavy atom. The standard InChI is InChI=1S/C23H29FN2OS/c1-3-4-13-25(16-20-8-6-5-7-18(20)2)17-22(27)26-14-15-28-23(26)19-9-11-21(24)12-10-19/h5-12,23H,3-4,13-17H2,1-2H3. The van der Waals surface area contributed by atoms with Crippen molar-refractivity contribution in [1.82, 2.24) is 9.80 Å². The number of thioether (sulfide) groups is 1. The molecule has 0 spiro atoms. The van der Waals surface area contributed by atoms with Crippen molar-refractivity contribution in [2.75, 3.05) is 25.4 Å². The van der Waals surface area contributed by atoms with Crippen LogP contribution in [0.4, 0.5) is 4.39 Å².